The van der Waals surface area contributed by atoms with E-state index < -0.39 is 0 Å². The SMILES string of the molecule is CCN(CC)C(CNC(=NC)N(C)Cc1ccccc1OC)c1ccco1. The van der Waals surface area contributed by atoms with Crippen molar-refractivity contribution >= 4 is 5.96 Å². The molecule has 0 saturated heterocycles. The molecule has 1 aromatic carbocycles. The fourth-order valence-corrected chi connectivity index (χ4v) is 3.29. The zero-order valence-corrected chi connectivity index (χ0v) is 17.1. The van der Waals surface area contributed by atoms with E-state index in [2.05, 4.69) is 40.0 Å². The number of benzene rings is 1. The second kappa shape index (κ2) is 10.6. The lowest BCUT2D eigenvalue weighted by molar-refractivity contribution is 0.192. The predicted octanol–water partition coefficient (Wildman–Crippen LogP) is 3.38. The Bertz CT molecular complexity index is 696. The largest absolute Gasteiger partial charge is 0.496 e. The Balaban J connectivity index is 2.06. The number of methoxy groups -OCH3 is 1. The molecule has 0 amide bonds. The van der Waals surface area contributed by atoms with Gasteiger partial charge in [0.05, 0.1) is 19.4 Å². The molecule has 1 atom stereocenters. The Labute approximate surface area is 162 Å². The molecule has 0 saturated carbocycles. The number of para-hydroxylation sites is 1. The molecule has 0 aliphatic heterocycles. The van der Waals surface area contributed by atoms with E-state index in [0.717, 1.165) is 42.7 Å². The van der Waals surface area contributed by atoms with E-state index in [0.29, 0.717) is 6.54 Å². The maximum atomic E-state index is 5.68. The van der Waals surface area contributed by atoms with Gasteiger partial charge in [0.25, 0.3) is 0 Å². The molecule has 1 N–H and O–H groups in total. The highest BCUT2D eigenvalue weighted by molar-refractivity contribution is 5.79. The lowest BCUT2D eigenvalue weighted by Crippen LogP contribution is -2.43. The standard InChI is InChI=1S/C21H32N4O2/c1-6-25(7-2)18(20-13-10-14-27-20)15-23-21(22-3)24(4)16-17-11-8-9-12-19(17)26-5/h8-14,18H,6-7,15-16H2,1-5H3,(H,22,23). The van der Waals surface area contributed by atoms with Crippen LogP contribution in [-0.4, -0.2) is 56.6 Å². The van der Waals surface area contributed by atoms with Crippen molar-refractivity contribution in [2.45, 2.75) is 26.4 Å². The van der Waals surface area contributed by atoms with Crippen molar-refractivity contribution in [1.82, 2.24) is 15.1 Å². The summed E-state index contributed by atoms with van der Waals surface area (Å²) < 4.78 is 11.1. The van der Waals surface area contributed by atoms with Gasteiger partial charge in [-0.1, -0.05) is 32.0 Å². The number of nitrogens with zero attached hydrogens (tertiary/aromatic N) is 3. The topological polar surface area (TPSA) is 53.2 Å². The van der Waals surface area contributed by atoms with Crippen molar-refractivity contribution in [3.8, 4) is 5.75 Å². The lowest BCUT2D eigenvalue weighted by Gasteiger charge is -2.30. The molecule has 6 nitrogen and oxygen atoms in total. The number of guanidine groups is 1. The first-order valence-electron chi connectivity index (χ1n) is 9.45. The van der Waals surface area contributed by atoms with E-state index in [1.54, 1.807) is 20.4 Å². The van der Waals surface area contributed by atoms with Gasteiger partial charge >= 0.3 is 0 Å². The summed E-state index contributed by atoms with van der Waals surface area (Å²) in [6.45, 7) is 7.68. The summed E-state index contributed by atoms with van der Waals surface area (Å²) in [6.07, 6.45) is 1.73. The fourth-order valence-electron chi connectivity index (χ4n) is 3.29. The molecular formula is C21H32N4O2. The smallest absolute Gasteiger partial charge is 0.193 e. The third kappa shape index (κ3) is 5.50. The molecule has 0 radical (unpaired) electrons. The van der Waals surface area contributed by atoms with Gasteiger partial charge in [-0.3, -0.25) is 9.89 Å². The van der Waals surface area contributed by atoms with Crippen LogP contribution >= 0.6 is 0 Å². The molecule has 1 heterocycles. The van der Waals surface area contributed by atoms with Gasteiger partial charge in [0.2, 0.25) is 0 Å². The van der Waals surface area contributed by atoms with Crippen molar-refractivity contribution in [3.05, 3.63) is 54.0 Å². The van der Waals surface area contributed by atoms with E-state index in [9.17, 15) is 0 Å². The molecule has 0 fully saturated rings. The van der Waals surface area contributed by atoms with Crippen LogP contribution in [0.5, 0.6) is 5.75 Å². The molecule has 27 heavy (non-hydrogen) atoms. The minimum atomic E-state index is 0.159. The number of likely N-dealkylation sites (N-methyl/N-ethyl adjacent to an activating group) is 1. The number of hydrogen-bond acceptors (Lipinski definition) is 4. The van der Waals surface area contributed by atoms with E-state index >= 15 is 0 Å². The molecule has 2 rings (SSSR count). The Hall–Kier alpha value is -2.47. The molecule has 0 aliphatic carbocycles. The summed E-state index contributed by atoms with van der Waals surface area (Å²) in [6, 6.07) is 12.2. The van der Waals surface area contributed by atoms with Crippen LogP contribution in [0.2, 0.25) is 0 Å². The van der Waals surface area contributed by atoms with E-state index in [1.165, 1.54) is 0 Å². The molecule has 0 bridgehead atoms. The molecule has 2 aromatic rings. The number of nitrogens with one attached hydrogen (secondary N) is 1. The molecule has 0 aliphatic rings. The van der Waals surface area contributed by atoms with Gasteiger partial charge < -0.3 is 19.4 Å². The van der Waals surface area contributed by atoms with Crippen LogP contribution in [0.15, 0.2) is 52.1 Å². The van der Waals surface area contributed by atoms with E-state index in [-0.39, 0.29) is 6.04 Å². The number of furan rings is 1. The fraction of sp³-hybridized carbons (Fsp3) is 0.476. The minimum Gasteiger partial charge on any atom is -0.496 e. The van der Waals surface area contributed by atoms with Crippen molar-refractivity contribution in [3.63, 3.8) is 0 Å². The first-order valence-corrected chi connectivity index (χ1v) is 9.45. The Kier molecular flexibility index (Phi) is 8.20. The van der Waals surface area contributed by atoms with Gasteiger partial charge in [-0.25, -0.2) is 0 Å². The molecule has 148 valence electrons. The Morgan fingerprint density at radius 3 is 2.52 bits per heavy atom. The third-order valence-electron chi connectivity index (χ3n) is 4.75. The predicted molar refractivity (Wildman–Crippen MR) is 110 cm³/mol. The average molecular weight is 373 g/mol. The van der Waals surface area contributed by atoms with Gasteiger partial charge in [0.1, 0.15) is 11.5 Å². The zero-order valence-electron chi connectivity index (χ0n) is 17.1. The van der Waals surface area contributed by atoms with Gasteiger partial charge in [-0.05, 0) is 31.3 Å². The highest BCUT2D eigenvalue weighted by Gasteiger charge is 2.21. The van der Waals surface area contributed by atoms with Crippen molar-refractivity contribution in [2.75, 3.05) is 40.8 Å². The number of aliphatic imine (C=N–C) groups is 1. The van der Waals surface area contributed by atoms with Crippen LogP contribution in [0, 0.1) is 0 Å². The quantitative estimate of drug-likeness (QED) is 0.540. The van der Waals surface area contributed by atoms with Crippen LogP contribution in [0.3, 0.4) is 0 Å². The second-order valence-corrected chi connectivity index (χ2v) is 6.35. The monoisotopic (exact) mass is 372 g/mol. The van der Waals surface area contributed by atoms with Crippen LogP contribution < -0.4 is 10.1 Å². The molecule has 6 heteroatoms. The van der Waals surface area contributed by atoms with Crippen molar-refractivity contribution < 1.29 is 9.15 Å². The highest BCUT2D eigenvalue weighted by atomic mass is 16.5. The van der Waals surface area contributed by atoms with Crippen LogP contribution in [0.1, 0.15) is 31.2 Å². The summed E-state index contributed by atoms with van der Waals surface area (Å²) in [5.74, 6) is 2.69. The summed E-state index contributed by atoms with van der Waals surface area (Å²) in [7, 11) is 5.53. The minimum absolute atomic E-state index is 0.159. The number of rotatable bonds is 9. The normalized spacial score (nSPS) is 12.9. The number of hydrogen-bond donors (Lipinski definition) is 1. The molecular weight excluding hydrogens is 340 g/mol. The second-order valence-electron chi connectivity index (χ2n) is 6.35. The van der Waals surface area contributed by atoms with Crippen molar-refractivity contribution in [2.24, 2.45) is 4.99 Å². The molecule has 0 spiro atoms. The first-order chi connectivity index (χ1) is 13.1. The third-order valence-corrected chi connectivity index (χ3v) is 4.75. The highest BCUT2D eigenvalue weighted by Crippen LogP contribution is 2.21. The summed E-state index contributed by atoms with van der Waals surface area (Å²) in [5.41, 5.74) is 1.12. The maximum absolute atomic E-state index is 5.68. The Morgan fingerprint density at radius 1 is 1.19 bits per heavy atom. The van der Waals surface area contributed by atoms with Crippen LogP contribution in [0.25, 0.3) is 0 Å². The van der Waals surface area contributed by atoms with Gasteiger partial charge in [0.15, 0.2) is 5.96 Å². The van der Waals surface area contributed by atoms with Gasteiger partial charge in [0, 0.05) is 32.7 Å². The summed E-state index contributed by atoms with van der Waals surface area (Å²) in [5, 5.41) is 3.50. The van der Waals surface area contributed by atoms with Crippen molar-refractivity contribution in [1.29, 1.82) is 0 Å². The van der Waals surface area contributed by atoms with Crippen LogP contribution in [-0.2, 0) is 6.54 Å². The lowest BCUT2D eigenvalue weighted by atomic mass is 10.2. The van der Waals surface area contributed by atoms with Gasteiger partial charge in [-0.15, -0.1) is 0 Å². The Morgan fingerprint density at radius 2 is 1.93 bits per heavy atom. The molecule has 1 aromatic heterocycles. The van der Waals surface area contributed by atoms with E-state index in [4.69, 9.17) is 9.15 Å². The van der Waals surface area contributed by atoms with E-state index in [1.807, 2.05) is 37.4 Å². The zero-order chi connectivity index (χ0) is 19.6. The first kappa shape index (κ1) is 20.8. The average Bonchev–Trinajstić information content (AvgIpc) is 3.22. The number of ether oxygens (including phenoxy) is 1. The maximum Gasteiger partial charge on any atom is 0.193 e. The van der Waals surface area contributed by atoms with Crippen LogP contribution in [0.4, 0.5) is 0 Å². The van der Waals surface area contributed by atoms with Gasteiger partial charge in [-0.2, -0.15) is 0 Å². The summed E-state index contributed by atoms with van der Waals surface area (Å²) in [4.78, 5) is 8.92. The molecule has 1 unspecified atom stereocenters. The summed E-state index contributed by atoms with van der Waals surface area (Å²) >= 11 is 0.